The number of carboxylic acid groups (broad SMARTS) is 1. The Kier molecular flexibility index (Phi) is 7.26. The Hall–Kier alpha value is -2.59. The molecule has 0 aromatic heterocycles. The van der Waals surface area contributed by atoms with E-state index >= 15 is 0 Å². The van der Waals surface area contributed by atoms with Crippen molar-refractivity contribution >= 4 is 11.5 Å². The van der Waals surface area contributed by atoms with Gasteiger partial charge < -0.3 is 19.5 Å². The molecule has 0 N–H and O–H groups in total. The molecule has 0 saturated heterocycles. The molecule has 1 aliphatic heterocycles. The number of carbonyl (C=O) groups excluding carboxylic acids is 1. The molecule has 1 heterocycles. The van der Waals surface area contributed by atoms with Crippen molar-refractivity contribution in [2.75, 3.05) is 20.1 Å². The minimum absolute atomic E-state index is 0.163. The first-order valence-electron chi connectivity index (χ1n) is 10.0. The van der Waals surface area contributed by atoms with Crippen molar-refractivity contribution in [1.82, 2.24) is 4.90 Å². The summed E-state index contributed by atoms with van der Waals surface area (Å²) in [5, 5.41) is 10.5. The Morgan fingerprint density at radius 2 is 1.79 bits per heavy atom. The van der Waals surface area contributed by atoms with Gasteiger partial charge in [-0.1, -0.05) is 55.0 Å². The van der Waals surface area contributed by atoms with E-state index in [4.69, 9.17) is 4.74 Å². The summed E-state index contributed by atoms with van der Waals surface area (Å²) in [6.45, 7) is 2.54. The molecule has 0 radical (unpaired) electrons. The maximum Gasteiger partial charge on any atom is 0.127 e. The Bertz CT molecular complexity index is 779. The molecule has 0 aliphatic carbocycles. The van der Waals surface area contributed by atoms with Crippen LogP contribution < -0.4 is 9.84 Å². The van der Waals surface area contributed by atoms with E-state index in [1.165, 1.54) is 16.7 Å². The van der Waals surface area contributed by atoms with Gasteiger partial charge in [0.1, 0.15) is 12.4 Å². The Balaban J connectivity index is 1.62. The molecule has 0 spiro atoms. The van der Waals surface area contributed by atoms with Crippen LogP contribution >= 0.6 is 0 Å². The van der Waals surface area contributed by atoms with Crippen molar-refractivity contribution in [2.45, 2.75) is 38.7 Å². The summed E-state index contributed by atoms with van der Waals surface area (Å²) in [6, 6.07) is 16.7. The number of benzene rings is 2. The third-order valence-corrected chi connectivity index (χ3v) is 5.15. The first-order valence-corrected chi connectivity index (χ1v) is 10.0. The zero-order valence-corrected chi connectivity index (χ0v) is 16.5. The predicted molar refractivity (Wildman–Crippen MR) is 110 cm³/mol. The van der Waals surface area contributed by atoms with E-state index in [0.29, 0.717) is 13.0 Å². The minimum Gasteiger partial charge on any atom is -0.550 e. The van der Waals surface area contributed by atoms with E-state index in [-0.39, 0.29) is 6.42 Å². The van der Waals surface area contributed by atoms with E-state index in [0.717, 1.165) is 43.7 Å². The second-order valence-electron chi connectivity index (χ2n) is 7.33. The molecule has 0 unspecified atom stereocenters. The van der Waals surface area contributed by atoms with Crippen LogP contribution in [-0.4, -0.2) is 31.0 Å². The third-order valence-electron chi connectivity index (χ3n) is 5.15. The predicted octanol–water partition coefficient (Wildman–Crippen LogP) is 3.64. The van der Waals surface area contributed by atoms with Gasteiger partial charge in [-0.25, -0.2) is 0 Å². The molecule has 2 aromatic rings. The number of fused-ring (bicyclic) bond motifs is 2. The van der Waals surface area contributed by atoms with Crippen LogP contribution in [-0.2, 0) is 11.4 Å². The van der Waals surface area contributed by atoms with Crippen molar-refractivity contribution in [3.63, 3.8) is 0 Å². The fraction of sp³-hybridized carbons (Fsp3) is 0.375. The SMILES string of the molecule is CN(CC/C=C1\c2ccccc2COc2ccccc21)CCCCCC(=O)[O-]. The normalized spacial score (nSPS) is 14.3. The number of hydrogen-bond acceptors (Lipinski definition) is 4. The van der Waals surface area contributed by atoms with Gasteiger partial charge in [0.05, 0.1) is 0 Å². The van der Waals surface area contributed by atoms with Crippen LogP contribution in [0.25, 0.3) is 5.57 Å². The molecule has 0 amide bonds. The van der Waals surface area contributed by atoms with Gasteiger partial charge in [0.25, 0.3) is 0 Å². The second kappa shape index (κ2) is 10.1. The molecule has 148 valence electrons. The van der Waals surface area contributed by atoms with Gasteiger partial charge in [-0.15, -0.1) is 0 Å². The standard InChI is InChI=1S/C24H29NO3/c1-25(16-8-2-3-15-24(26)27)17-9-13-21-20-11-5-4-10-19(20)18-28-23-14-7-6-12-22(21)23/h4-7,10-14H,2-3,8-9,15-18H2,1H3,(H,26,27)/p-1/b21-13+. The van der Waals surface area contributed by atoms with Crippen molar-refractivity contribution in [3.8, 4) is 5.75 Å². The second-order valence-corrected chi connectivity index (χ2v) is 7.33. The van der Waals surface area contributed by atoms with Gasteiger partial charge in [0.15, 0.2) is 0 Å². The zero-order chi connectivity index (χ0) is 19.8. The number of hydrogen-bond donors (Lipinski definition) is 0. The van der Waals surface area contributed by atoms with Crippen LogP contribution in [0.15, 0.2) is 54.6 Å². The Morgan fingerprint density at radius 3 is 2.61 bits per heavy atom. The van der Waals surface area contributed by atoms with E-state index in [1.807, 2.05) is 12.1 Å². The van der Waals surface area contributed by atoms with Gasteiger partial charge in [0.2, 0.25) is 0 Å². The number of para-hydroxylation sites is 1. The lowest BCUT2D eigenvalue weighted by Gasteiger charge is -2.16. The molecule has 28 heavy (non-hydrogen) atoms. The van der Waals surface area contributed by atoms with Gasteiger partial charge in [-0.3, -0.25) is 0 Å². The summed E-state index contributed by atoms with van der Waals surface area (Å²) < 4.78 is 6.03. The largest absolute Gasteiger partial charge is 0.550 e. The summed E-state index contributed by atoms with van der Waals surface area (Å²) in [5.41, 5.74) is 4.85. The van der Waals surface area contributed by atoms with Gasteiger partial charge in [-0.05, 0) is 62.0 Å². The van der Waals surface area contributed by atoms with Crippen molar-refractivity contribution in [2.24, 2.45) is 0 Å². The number of ether oxygens (including phenoxy) is 1. The summed E-state index contributed by atoms with van der Waals surface area (Å²) in [4.78, 5) is 12.8. The van der Waals surface area contributed by atoms with Crippen molar-refractivity contribution < 1.29 is 14.6 Å². The fourth-order valence-corrected chi connectivity index (χ4v) is 3.61. The van der Waals surface area contributed by atoms with Gasteiger partial charge >= 0.3 is 0 Å². The summed E-state index contributed by atoms with van der Waals surface area (Å²) in [5.74, 6) is -0.0147. The number of unbranched alkanes of at least 4 members (excludes halogenated alkanes) is 2. The number of carbonyl (C=O) groups is 1. The number of aliphatic carboxylic acids is 1. The molecule has 0 saturated carbocycles. The Labute approximate surface area is 167 Å². The highest BCUT2D eigenvalue weighted by molar-refractivity contribution is 5.84. The maximum absolute atomic E-state index is 10.5. The van der Waals surface area contributed by atoms with Crippen molar-refractivity contribution in [3.05, 3.63) is 71.3 Å². The van der Waals surface area contributed by atoms with Crippen LogP contribution in [0.2, 0.25) is 0 Å². The topological polar surface area (TPSA) is 52.6 Å². The van der Waals surface area contributed by atoms with Crippen LogP contribution in [0, 0.1) is 0 Å². The highest BCUT2D eigenvalue weighted by atomic mass is 16.5. The van der Waals surface area contributed by atoms with Crippen LogP contribution in [0.5, 0.6) is 5.75 Å². The summed E-state index contributed by atoms with van der Waals surface area (Å²) >= 11 is 0. The lowest BCUT2D eigenvalue weighted by atomic mass is 9.93. The van der Waals surface area contributed by atoms with Crippen LogP contribution in [0.1, 0.15) is 48.8 Å². The van der Waals surface area contributed by atoms with Gasteiger partial charge in [-0.2, -0.15) is 0 Å². The smallest absolute Gasteiger partial charge is 0.127 e. The van der Waals surface area contributed by atoms with E-state index in [9.17, 15) is 9.90 Å². The fourth-order valence-electron chi connectivity index (χ4n) is 3.61. The molecular weight excluding hydrogens is 350 g/mol. The molecule has 0 bridgehead atoms. The summed E-state index contributed by atoms with van der Waals surface area (Å²) in [7, 11) is 2.12. The van der Waals surface area contributed by atoms with E-state index < -0.39 is 5.97 Å². The molecule has 1 aliphatic rings. The average molecular weight is 378 g/mol. The molecule has 4 nitrogen and oxygen atoms in total. The summed E-state index contributed by atoms with van der Waals surface area (Å²) in [6.07, 6.45) is 6.08. The van der Waals surface area contributed by atoms with Crippen molar-refractivity contribution in [1.29, 1.82) is 0 Å². The lowest BCUT2D eigenvalue weighted by Crippen LogP contribution is -2.22. The maximum atomic E-state index is 10.5. The monoisotopic (exact) mass is 378 g/mol. The third kappa shape index (κ3) is 5.46. The first kappa shape index (κ1) is 20.2. The average Bonchev–Trinajstić information content (AvgIpc) is 2.85. The number of carboxylic acids is 1. The molecule has 0 atom stereocenters. The highest BCUT2D eigenvalue weighted by Gasteiger charge is 2.18. The Morgan fingerprint density at radius 1 is 1.04 bits per heavy atom. The van der Waals surface area contributed by atoms with Gasteiger partial charge in [0, 0.05) is 18.1 Å². The van der Waals surface area contributed by atoms with E-state index in [1.54, 1.807) is 0 Å². The molecule has 3 rings (SSSR count). The molecular formula is C24H28NO3-. The molecule has 2 aromatic carbocycles. The highest BCUT2D eigenvalue weighted by Crippen LogP contribution is 2.36. The zero-order valence-electron chi connectivity index (χ0n) is 16.5. The van der Waals surface area contributed by atoms with E-state index in [2.05, 4.69) is 54.4 Å². The van der Waals surface area contributed by atoms with Crippen LogP contribution in [0.3, 0.4) is 0 Å². The molecule has 4 heteroatoms. The minimum atomic E-state index is -0.951. The quantitative estimate of drug-likeness (QED) is 0.625. The number of rotatable bonds is 9. The lowest BCUT2D eigenvalue weighted by molar-refractivity contribution is -0.305. The molecule has 0 fully saturated rings. The first-order chi connectivity index (χ1) is 13.6. The van der Waals surface area contributed by atoms with Crippen LogP contribution in [0.4, 0.5) is 0 Å². The number of nitrogens with zero attached hydrogens (tertiary/aromatic N) is 1.